The Morgan fingerprint density at radius 1 is 1.12 bits per heavy atom. The SMILES string of the molecule is CCCOc1nc(N)nc(OCCCO)n1. The Bertz CT molecular complexity index is 322. The van der Waals surface area contributed by atoms with E-state index in [1.54, 1.807) is 0 Å². The molecule has 7 heteroatoms. The van der Waals surface area contributed by atoms with E-state index in [0.717, 1.165) is 6.42 Å². The topological polar surface area (TPSA) is 103 Å². The van der Waals surface area contributed by atoms with Crippen LogP contribution < -0.4 is 15.2 Å². The summed E-state index contributed by atoms with van der Waals surface area (Å²) < 4.78 is 10.4. The number of hydrogen-bond acceptors (Lipinski definition) is 7. The molecule has 1 aromatic heterocycles. The zero-order valence-electron chi connectivity index (χ0n) is 9.22. The van der Waals surface area contributed by atoms with Crippen LogP contribution in [0.2, 0.25) is 0 Å². The summed E-state index contributed by atoms with van der Waals surface area (Å²) in [5.41, 5.74) is 5.46. The van der Waals surface area contributed by atoms with Gasteiger partial charge in [0, 0.05) is 13.0 Å². The lowest BCUT2D eigenvalue weighted by atomic mass is 10.5. The van der Waals surface area contributed by atoms with Crippen molar-refractivity contribution in [3.63, 3.8) is 0 Å². The van der Waals surface area contributed by atoms with Crippen LogP contribution in [0.3, 0.4) is 0 Å². The quantitative estimate of drug-likeness (QED) is 0.633. The third-order valence-electron chi connectivity index (χ3n) is 1.58. The molecule has 0 aliphatic carbocycles. The number of anilines is 1. The lowest BCUT2D eigenvalue weighted by Gasteiger charge is -2.06. The molecule has 1 aromatic rings. The molecule has 0 unspecified atom stereocenters. The van der Waals surface area contributed by atoms with Gasteiger partial charge in [-0.1, -0.05) is 6.92 Å². The minimum Gasteiger partial charge on any atom is -0.463 e. The second kappa shape index (κ2) is 6.78. The van der Waals surface area contributed by atoms with Gasteiger partial charge in [0.1, 0.15) is 0 Å². The number of aliphatic hydroxyl groups is 1. The van der Waals surface area contributed by atoms with Gasteiger partial charge < -0.3 is 20.3 Å². The van der Waals surface area contributed by atoms with Gasteiger partial charge >= 0.3 is 12.0 Å². The normalized spacial score (nSPS) is 10.1. The molecule has 90 valence electrons. The van der Waals surface area contributed by atoms with Crippen LogP contribution in [-0.4, -0.2) is 39.9 Å². The Morgan fingerprint density at radius 3 is 2.31 bits per heavy atom. The van der Waals surface area contributed by atoms with Crippen molar-refractivity contribution in [2.45, 2.75) is 19.8 Å². The van der Waals surface area contributed by atoms with Gasteiger partial charge in [0.05, 0.1) is 13.2 Å². The van der Waals surface area contributed by atoms with Gasteiger partial charge in [0.15, 0.2) is 0 Å². The highest BCUT2D eigenvalue weighted by molar-refractivity contribution is 5.20. The molecule has 0 amide bonds. The summed E-state index contributed by atoms with van der Waals surface area (Å²) in [5, 5.41) is 8.59. The fraction of sp³-hybridized carbons (Fsp3) is 0.667. The second-order valence-corrected chi connectivity index (χ2v) is 3.03. The first-order valence-corrected chi connectivity index (χ1v) is 5.14. The van der Waals surface area contributed by atoms with E-state index < -0.39 is 0 Å². The third kappa shape index (κ3) is 4.26. The third-order valence-corrected chi connectivity index (χ3v) is 1.58. The van der Waals surface area contributed by atoms with Crippen molar-refractivity contribution < 1.29 is 14.6 Å². The maximum atomic E-state index is 8.59. The Labute approximate surface area is 93.6 Å². The molecule has 0 bridgehead atoms. The minimum atomic E-state index is 0.0553. The predicted octanol–water partition coefficient (Wildman–Crippen LogP) is 0.00380. The fourth-order valence-corrected chi connectivity index (χ4v) is 0.903. The van der Waals surface area contributed by atoms with Crippen LogP contribution in [0.25, 0.3) is 0 Å². The second-order valence-electron chi connectivity index (χ2n) is 3.03. The molecular weight excluding hydrogens is 212 g/mol. The summed E-state index contributed by atoms with van der Waals surface area (Å²) in [7, 11) is 0. The number of nitrogen functional groups attached to an aromatic ring is 1. The summed E-state index contributed by atoms with van der Waals surface area (Å²) in [6.45, 7) is 2.87. The van der Waals surface area contributed by atoms with Crippen LogP contribution in [0.1, 0.15) is 19.8 Å². The van der Waals surface area contributed by atoms with E-state index in [1.165, 1.54) is 0 Å². The maximum absolute atomic E-state index is 8.59. The van der Waals surface area contributed by atoms with Gasteiger partial charge in [0.25, 0.3) is 0 Å². The van der Waals surface area contributed by atoms with Crippen molar-refractivity contribution in [1.29, 1.82) is 0 Å². The monoisotopic (exact) mass is 228 g/mol. The summed E-state index contributed by atoms with van der Waals surface area (Å²) in [5.74, 6) is 0.0556. The van der Waals surface area contributed by atoms with Gasteiger partial charge in [-0.05, 0) is 6.42 Å². The van der Waals surface area contributed by atoms with Gasteiger partial charge in [-0.2, -0.15) is 9.97 Å². The van der Waals surface area contributed by atoms with Crippen molar-refractivity contribution in [2.24, 2.45) is 0 Å². The molecule has 16 heavy (non-hydrogen) atoms. The Balaban J connectivity index is 2.58. The summed E-state index contributed by atoms with van der Waals surface area (Å²) in [6.07, 6.45) is 1.36. The van der Waals surface area contributed by atoms with Crippen molar-refractivity contribution >= 4 is 5.95 Å². The first kappa shape index (κ1) is 12.4. The Morgan fingerprint density at radius 2 is 1.75 bits per heavy atom. The zero-order chi connectivity index (χ0) is 11.8. The molecule has 7 nitrogen and oxygen atoms in total. The highest BCUT2D eigenvalue weighted by Crippen LogP contribution is 2.11. The van der Waals surface area contributed by atoms with Gasteiger partial charge in [-0.25, -0.2) is 0 Å². The molecule has 0 aromatic carbocycles. The van der Waals surface area contributed by atoms with E-state index in [1.807, 2.05) is 6.92 Å². The summed E-state index contributed by atoms with van der Waals surface area (Å²) in [4.78, 5) is 11.5. The number of nitrogens with two attached hydrogens (primary N) is 1. The minimum absolute atomic E-state index is 0.0553. The molecule has 3 N–H and O–H groups in total. The van der Waals surface area contributed by atoms with Crippen molar-refractivity contribution in [3.05, 3.63) is 0 Å². The molecule has 0 radical (unpaired) electrons. The molecule has 0 spiro atoms. The fourth-order valence-electron chi connectivity index (χ4n) is 0.903. The first-order chi connectivity index (χ1) is 7.76. The van der Waals surface area contributed by atoms with Gasteiger partial charge in [0.2, 0.25) is 5.95 Å². The van der Waals surface area contributed by atoms with Crippen LogP contribution in [0.4, 0.5) is 5.95 Å². The number of aromatic nitrogens is 3. The predicted molar refractivity (Wildman–Crippen MR) is 57.2 cm³/mol. The van der Waals surface area contributed by atoms with Gasteiger partial charge in [-0.3, -0.25) is 0 Å². The van der Waals surface area contributed by atoms with Crippen LogP contribution in [0.15, 0.2) is 0 Å². The van der Waals surface area contributed by atoms with Crippen molar-refractivity contribution in [3.8, 4) is 12.0 Å². The molecule has 0 atom stereocenters. The van der Waals surface area contributed by atoms with Gasteiger partial charge in [-0.15, -0.1) is 4.98 Å². The van der Waals surface area contributed by atoms with E-state index in [2.05, 4.69) is 15.0 Å². The Kier molecular flexibility index (Phi) is 5.27. The highest BCUT2D eigenvalue weighted by atomic mass is 16.5. The van der Waals surface area contributed by atoms with Crippen LogP contribution in [0.5, 0.6) is 12.0 Å². The van der Waals surface area contributed by atoms with Crippen molar-refractivity contribution in [2.75, 3.05) is 25.6 Å². The van der Waals surface area contributed by atoms with Crippen LogP contribution >= 0.6 is 0 Å². The smallest absolute Gasteiger partial charge is 0.324 e. The van der Waals surface area contributed by atoms with E-state index in [0.29, 0.717) is 19.6 Å². The zero-order valence-corrected chi connectivity index (χ0v) is 9.22. The van der Waals surface area contributed by atoms with Crippen LogP contribution in [-0.2, 0) is 0 Å². The molecule has 1 rings (SSSR count). The molecule has 0 saturated heterocycles. The molecular formula is C9H16N4O3. The first-order valence-electron chi connectivity index (χ1n) is 5.14. The lowest BCUT2D eigenvalue weighted by molar-refractivity contribution is 0.219. The molecule has 1 heterocycles. The maximum Gasteiger partial charge on any atom is 0.324 e. The number of ether oxygens (including phenoxy) is 2. The average molecular weight is 228 g/mol. The Hall–Kier alpha value is -1.63. The van der Waals surface area contributed by atoms with E-state index >= 15 is 0 Å². The largest absolute Gasteiger partial charge is 0.463 e. The van der Waals surface area contributed by atoms with Crippen molar-refractivity contribution in [1.82, 2.24) is 15.0 Å². The highest BCUT2D eigenvalue weighted by Gasteiger charge is 2.05. The van der Waals surface area contributed by atoms with E-state index in [-0.39, 0.29) is 24.6 Å². The lowest BCUT2D eigenvalue weighted by Crippen LogP contribution is -2.08. The number of rotatable bonds is 7. The van der Waals surface area contributed by atoms with E-state index in [9.17, 15) is 0 Å². The number of nitrogens with zero attached hydrogens (tertiary/aromatic N) is 3. The summed E-state index contributed by atoms with van der Waals surface area (Å²) >= 11 is 0. The summed E-state index contributed by atoms with van der Waals surface area (Å²) in [6, 6.07) is 0.278. The average Bonchev–Trinajstić information content (AvgIpc) is 2.26. The van der Waals surface area contributed by atoms with E-state index in [4.69, 9.17) is 20.3 Å². The number of hydrogen-bond donors (Lipinski definition) is 2. The van der Waals surface area contributed by atoms with Crippen LogP contribution in [0, 0.1) is 0 Å². The number of aliphatic hydroxyl groups excluding tert-OH is 1. The molecule has 0 aliphatic heterocycles. The molecule has 0 fully saturated rings. The standard InChI is InChI=1S/C9H16N4O3/c1-2-5-15-8-11-7(10)12-9(13-8)16-6-3-4-14/h14H,2-6H2,1H3,(H2,10,11,12,13). The molecule has 0 saturated carbocycles. The molecule has 0 aliphatic rings.